The maximum Gasteiger partial charge on any atom is -0.0181 e. The number of aryl methyl sites for hydroxylation is 2. The lowest BCUT2D eigenvalue weighted by atomic mass is 10.0. The molecule has 0 amide bonds. The lowest BCUT2D eigenvalue weighted by molar-refractivity contribution is 1.15. The average Bonchev–Trinajstić information content (AvgIpc) is 2.42. The average molecular weight is 230 g/mol. The van der Waals surface area contributed by atoms with Crippen LogP contribution >= 0.6 is 0 Å². The minimum absolute atomic E-state index is 1.11. The molecule has 0 saturated carbocycles. The van der Waals surface area contributed by atoms with Gasteiger partial charge in [-0.25, -0.2) is 0 Å². The molecule has 0 heterocycles. The molecule has 0 bridgehead atoms. The highest BCUT2D eigenvalue weighted by atomic mass is 14.0. The molecule has 0 nitrogen and oxygen atoms in total. The molecule has 2 rings (SSSR count). The first-order chi connectivity index (χ1) is 8.29. The second kappa shape index (κ2) is 8.81. The third kappa shape index (κ3) is 4.60. The van der Waals surface area contributed by atoms with Crippen molar-refractivity contribution in [3.8, 4) is 0 Å². The molecule has 0 aliphatic heterocycles. The topological polar surface area (TPSA) is 0 Å². The summed E-state index contributed by atoms with van der Waals surface area (Å²) in [5.41, 5.74) is 2.74. The van der Waals surface area contributed by atoms with Gasteiger partial charge in [-0.05, 0) is 29.7 Å². The predicted molar refractivity (Wildman–Crippen MR) is 80.8 cm³/mol. The summed E-state index contributed by atoms with van der Waals surface area (Å²) in [5, 5.41) is 2.70. The van der Waals surface area contributed by atoms with E-state index in [0.29, 0.717) is 0 Å². The molecule has 0 aliphatic rings. The van der Waals surface area contributed by atoms with E-state index in [1.54, 1.807) is 0 Å². The van der Waals surface area contributed by atoms with Crippen LogP contribution in [-0.4, -0.2) is 0 Å². The van der Waals surface area contributed by atoms with Gasteiger partial charge in [0.15, 0.2) is 0 Å². The first-order valence-corrected chi connectivity index (χ1v) is 6.79. The highest BCUT2D eigenvalue weighted by Crippen LogP contribution is 2.17. The maximum absolute atomic E-state index is 2.27. The van der Waals surface area contributed by atoms with Gasteiger partial charge in [-0.15, -0.1) is 0 Å². The standard InChI is InChI=1S/C13H14.2C2H6/c1-3-11-5-7-12-8-10(2)4-6-13(12)9-11;2*1-2/h4-9H,3H2,1-2H3;2*1-2H3. The Hall–Kier alpha value is -1.30. The number of hydrogen-bond acceptors (Lipinski definition) is 0. The van der Waals surface area contributed by atoms with E-state index < -0.39 is 0 Å². The predicted octanol–water partition coefficient (Wildman–Crippen LogP) is 5.76. The van der Waals surface area contributed by atoms with Gasteiger partial charge in [0.05, 0.1) is 0 Å². The Kier molecular flexibility index (Phi) is 8.13. The number of benzene rings is 2. The van der Waals surface area contributed by atoms with Gasteiger partial charge in [0, 0.05) is 0 Å². The van der Waals surface area contributed by atoms with Gasteiger partial charge < -0.3 is 0 Å². The Balaban J connectivity index is 0.000000581. The lowest BCUT2D eigenvalue weighted by Crippen LogP contribution is -1.80. The maximum atomic E-state index is 2.27. The van der Waals surface area contributed by atoms with Crippen LogP contribution in [0, 0.1) is 6.92 Å². The van der Waals surface area contributed by atoms with E-state index in [4.69, 9.17) is 0 Å². The number of hydrogen-bond donors (Lipinski definition) is 0. The van der Waals surface area contributed by atoms with Crippen molar-refractivity contribution < 1.29 is 0 Å². The Morgan fingerprint density at radius 1 is 0.765 bits per heavy atom. The molecule has 2 aromatic rings. The molecule has 0 radical (unpaired) electrons. The summed E-state index contributed by atoms with van der Waals surface area (Å²) < 4.78 is 0. The summed E-state index contributed by atoms with van der Waals surface area (Å²) in [6, 6.07) is 13.3. The number of fused-ring (bicyclic) bond motifs is 1. The van der Waals surface area contributed by atoms with Gasteiger partial charge >= 0.3 is 0 Å². The minimum atomic E-state index is 1.11. The minimum Gasteiger partial charge on any atom is -0.0683 e. The van der Waals surface area contributed by atoms with Crippen LogP contribution in [0.5, 0.6) is 0 Å². The van der Waals surface area contributed by atoms with Crippen LogP contribution in [0.4, 0.5) is 0 Å². The zero-order chi connectivity index (χ0) is 13.3. The van der Waals surface area contributed by atoms with Gasteiger partial charge in [0.25, 0.3) is 0 Å². The molecule has 0 fully saturated rings. The van der Waals surface area contributed by atoms with E-state index >= 15 is 0 Å². The molecule has 0 N–H and O–H groups in total. The monoisotopic (exact) mass is 230 g/mol. The molecule has 0 aliphatic carbocycles. The summed E-state index contributed by atoms with van der Waals surface area (Å²) >= 11 is 0. The van der Waals surface area contributed by atoms with Crippen molar-refractivity contribution in [2.45, 2.75) is 48.0 Å². The van der Waals surface area contributed by atoms with E-state index in [1.165, 1.54) is 21.9 Å². The molecule has 0 unspecified atom stereocenters. The van der Waals surface area contributed by atoms with Crippen LogP contribution in [0.2, 0.25) is 0 Å². The first kappa shape index (κ1) is 15.7. The van der Waals surface area contributed by atoms with Gasteiger partial charge in [0.1, 0.15) is 0 Å². The van der Waals surface area contributed by atoms with Crippen LogP contribution in [0.3, 0.4) is 0 Å². The zero-order valence-corrected chi connectivity index (χ0v) is 12.2. The zero-order valence-electron chi connectivity index (χ0n) is 12.2. The Morgan fingerprint density at radius 3 is 1.88 bits per heavy atom. The molecule has 17 heavy (non-hydrogen) atoms. The van der Waals surface area contributed by atoms with Gasteiger partial charge in [-0.1, -0.05) is 76.6 Å². The Morgan fingerprint density at radius 2 is 1.29 bits per heavy atom. The van der Waals surface area contributed by atoms with E-state index in [1.807, 2.05) is 27.7 Å². The molecule has 0 heteroatoms. The summed E-state index contributed by atoms with van der Waals surface area (Å²) in [4.78, 5) is 0. The quantitative estimate of drug-likeness (QED) is 0.584. The molecule has 0 atom stereocenters. The Bertz CT molecular complexity index is 427. The van der Waals surface area contributed by atoms with E-state index in [9.17, 15) is 0 Å². The third-order valence-electron chi connectivity index (χ3n) is 2.47. The van der Waals surface area contributed by atoms with Crippen LogP contribution in [0.15, 0.2) is 36.4 Å². The van der Waals surface area contributed by atoms with Crippen LogP contribution < -0.4 is 0 Å². The smallest absolute Gasteiger partial charge is 0.0181 e. The van der Waals surface area contributed by atoms with E-state index in [2.05, 4.69) is 50.2 Å². The lowest BCUT2D eigenvalue weighted by Gasteiger charge is -2.01. The molecular formula is C17H26. The van der Waals surface area contributed by atoms with Crippen LogP contribution in [0.1, 0.15) is 45.7 Å². The van der Waals surface area contributed by atoms with Gasteiger partial charge in [-0.3, -0.25) is 0 Å². The summed E-state index contributed by atoms with van der Waals surface area (Å²) in [7, 11) is 0. The van der Waals surface area contributed by atoms with Crippen molar-refractivity contribution in [3.05, 3.63) is 47.5 Å². The van der Waals surface area contributed by atoms with E-state index in [0.717, 1.165) is 6.42 Å². The normalized spacial score (nSPS) is 8.82. The molecular weight excluding hydrogens is 204 g/mol. The first-order valence-electron chi connectivity index (χ1n) is 6.79. The molecule has 94 valence electrons. The number of rotatable bonds is 1. The van der Waals surface area contributed by atoms with E-state index in [-0.39, 0.29) is 0 Å². The van der Waals surface area contributed by atoms with Gasteiger partial charge in [0.2, 0.25) is 0 Å². The van der Waals surface area contributed by atoms with Crippen molar-refractivity contribution in [3.63, 3.8) is 0 Å². The summed E-state index contributed by atoms with van der Waals surface area (Å²) in [6.45, 7) is 12.3. The van der Waals surface area contributed by atoms with Crippen LogP contribution in [0.25, 0.3) is 10.8 Å². The highest BCUT2D eigenvalue weighted by Gasteiger charge is 1.94. The van der Waals surface area contributed by atoms with Crippen molar-refractivity contribution in [2.24, 2.45) is 0 Å². The fourth-order valence-electron chi connectivity index (χ4n) is 1.63. The molecule has 0 saturated heterocycles. The third-order valence-corrected chi connectivity index (χ3v) is 2.47. The highest BCUT2D eigenvalue weighted by molar-refractivity contribution is 5.83. The molecule has 0 spiro atoms. The van der Waals surface area contributed by atoms with Crippen molar-refractivity contribution in [1.29, 1.82) is 0 Å². The summed E-state index contributed by atoms with van der Waals surface area (Å²) in [6.07, 6.45) is 1.11. The SMILES string of the molecule is CC.CC.CCc1ccc2cc(C)ccc2c1. The largest absolute Gasteiger partial charge is 0.0683 e. The van der Waals surface area contributed by atoms with Crippen molar-refractivity contribution >= 4 is 10.8 Å². The second-order valence-electron chi connectivity index (χ2n) is 3.54. The van der Waals surface area contributed by atoms with Crippen molar-refractivity contribution in [2.75, 3.05) is 0 Å². The van der Waals surface area contributed by atoms with Crippen LogP contribution in [-0.2, 0) is 6.42 Å². The Labute approximate surface area is 107 Å². The molecule has 0 aromatic heterocycles. The van der Waals surface area contributed by atoms with Gasteiger partial charge in [-0.2, -0.15) is 0 Å². The molecule has 2 aromatic carbocycles. The summed E-state index contributed by atoms with van der Waals surface area (Å²) in [5.74, 6) is 0. The fourth-order valence-corrected chi connectivity index (χ4v) is 1.63. The fraction of sp³-hybridized carbons (Fsp3) is 0.412. The van der Waals surface area contributed by atoms with Crippen molar-refractivity contribution in [1.82, 2.24) is 0 Å². The second-order valence-corrected chi connectivity index (χ2v) is 3.54.